The summed E-state index contributed by atoms with van der Waals surface area (Å²) < 4.78 is 38.7. The molecule has 3 rings (SSSR count). The zero-order valence-corrected chi connectivity index (χ0v) is 17.7. The number of benzene rings is 1. The predicted octanol–water partition coefficient (Wildman–Crippen LogP) is 5.63. The number of hydrogen-bond acceptors (Lipinski definition) is 3. The molecule has 0 aliphatic carbocycles. The van der Waals surface area contributed by atoms with Gasteiger partial charge in [0.2, 0.25) is 5.91 Å². The van der Waals surface area contributed by atoms with Crippen LogP contribution in [0.4, 0.5) is 18.9 Å². The number of alkyl halides is 3. The highest BCUT2D eigenvalue weighted by atomic mass is 35.5. The molecule has 1 aliphatic rings. The Kier molecular flexibility index (Phi) is 6.60. The molecule has 2 heterocycles. The molecule has 0 unspecified atom stereocenters. The Bertz CT molecular complexity index is 878. The van der Waals surface area contributed by atoms with Crippen molar-refractivity contribution in [3.63, 3.8) is 0 Å². The van der Waals surface area contributed by atoms with E-state index in [4.69, 9.17) is 11.6 Å². The summed E-state index contributed by atoms with van der Waals surface area (Å²) in [5.74, 6) is -0.0309. The Morgan fingerprint density at radius 2 is 1.87 bits per heavy atom. The van der Waals surface area contributed by atoms with Gasteiger partial charge in [0.25, 0.3) is 0 Å². The highest BCUT2D eigenvalue weighted by Crippen LogP contribution is 2.37. The van der Waals surface area contributed by atoms with Crippen molar-refractivity contribution in [1.82, 2.24) is 10.3 Å². The molecule has 1 aliphatic heterocycles. The molecule has 0 saturated carbocycles. The second kappa shape index (κ2) is 8.84. The molecule has 2 aromatic rings. The largest absolute Gasteiger partial charge is 0.433 e. The molecule has 1 saturated heterocycles. The van der Waals surface area contributed by atoms with Crippen LogP contribution >= 0.6 is 11.6 Å². The van der Waals surface area contributed by atoms with Crippen LogP contribution in [0.3, 0.4) is 0 Å². The molecule has 4 nitrogen and oxygen atoms in total. The Hall–Kier alpha value is -2.28. The molecular weight excluding hydrogens is 415 g/mol. The summed E-state index contributed by atoms with van der Waals surface area (Å²) in [6.45, 7) is 5.17. The van der Waals surface area contributed by atoms with Gasteiger partial charge in [-0.05, 0) is 55.0 Å². The molecule has 0 radical (unpaired) electrons. The number of rotatable bonds is 5. The summed E-state index contributed by atoms with van der Waals surface area (Å²) in [5.41, 5.74) is 0.412. The topological polar surface area (TPSA) is 45.2 Å². The Labute approximate surface area is 179 Å². The number of carbonyl (C=O) groups excluding carboxylic acids is 1. The van der Waals surface area contributed by atoms with Crippen molar-refractivity contribution in [2.45, 2.75) is 45.3 Å². The van der Waals surface area contributed by atoms with E-state index in [1.165, 1.54) is 6.20 Å². The van der Waals surface area contributed by atoms with E-state index in [0.29, 0.717) is 30.2 Å². The maximum atomic E-state index is 12.9. The first kappa shape index (κ1) is 22.4. The van der Waals surface area contributed by atoms with Crippen LogP contribution in [0.1, 0.15) is 50.4 Å². The van der Waals surface area contributed by atoms with Crippen LogP contribution in [0.15, 0.2) is 42.6 Å². The fourth-order valence-electron chi connectivity index (χ4n) is 3.77. The number of halogens is 4. The third kappa shape index (κ3) is 5.65. The second-order valence-electron chi connectivity index (χ2n) is 8.21. The van der Waals surface area contributed by atoms with Crippen LogP contribution in [-0.4, -0.2) is 24.0 Å². The number of hydrogen-bond donors (Lipinski definition) is 1. The molecule has 0 bridgehead atoms. The number of carbonyl (C=O) groups is 1. The Balaban J connectivity index is 1.55. The third-order valence-corrected chi connectivity index (χ3v) is 5.96. The smallest absolute Gasteiger partial charge is 0.371 e. The zero-order chi connectivity index (χ0) is 21.9. The SMILES string of the molecule is C[C@H](NC(=O)CC1(C)CCN(c2ccnc(C(F)(F)F)c2)CC1)c1ccc(Cl)cc1. The van der Waals surface area contributed by atoms with E-state index in [1.807, 2.05) is 24.0 Å². The minimum Gasteiger partial charge on any atom is -0.371 e. The normalized spacial score (nSPS) is 17.5. The van der Waals surface area contributed by atoms with Gasteiger partial charge in [0.05, 0.1) is 6.04 Å². The summed E-state index contributed by atoms with van der Waals surface area (Å²) in [4.78, 5) is 17.9. The fourth-order valence-corrected chi connectivity index (χ4v) is 3.89. The molecule has 1 aromatic carbocycles. The first-order valence-corrected chi connectivity index (χ1v) is 10.3. The summed E-state index contributed by atoms with van der Waals surface area (Å²) in [6.07, 6.45) is -1.45. The van der Waals surface area contributed by atoms with Gasteiger partial charge in [0.1, 0.15) is 5.69 Å². The molecular formula is C22H25ClF3N3O. The number of piperidine rings is 1. The van der Waals surface area contributed by atoms with Crippen molar-refractivity contribution in [2.75, 3.05) is 18.0 Å². The van der Waals surface area contributed by atoms with Crippen molar-refractivity contribution in [2.24, 2.45) is 5.41 Å². The number of nitrogens with one attached hydrogen (secondary N) is 1. The third-order valence-electron chi connectivity index (χ3n) is 5.70. The lowest BCUT2D eigenvalue weighted by atomic mass is 9.77. The maximum Gasteiger partial charge on any atom is 0.433 e. The van der Waals surface area contributed by atoms with Gasteiger partial charge in [-0.25, -0.2) is 0 Å². The molecule has 8 heteroatoms. The number of pyridine rings is 1. The van der Waals surface area contributed by atoms with Gasteiger partial charge in [-0.3, -0.25) is 9.78 Å². The van der Waals surface area contributed by atoms with Gasteiger partial charge in [-0.2, -0.15) is 13.2 Å². The second-order valence-corrected chi connectivity index (χ2v) is 8.65. The maximum absolute atomic E-state index is 12.9. The number of aromatic nitrogens is 1. The van der Waals surface area contributed by atoms with Gasteiger partial charge < -0.3 is 10.2 Å². The average Bonchev–Trinajstić information content (AvgIpc) is 2.68. The van der Waals surface area contributed by atoms with Crippen LogP contribution in [0.2, 0.25) is 5.02 Å². The van der Waals surface area contributed by atoms with Crippen molar-refractivity contribution in [3.8, 4) is 0 Å². The van der Waals surface area contributed by atoms with E-state index >= 15 is 0 Å². The van der Waals surface area contributed by atoms with Gasteiger partial charge in [-0.15, -0.1) is 0 Å². The molecule has 1 atom stereocenters. The summed E-state index contributed by atoms with van der Waals surface area (Å²) in [5, 5.41) is 3.67. The van der Waals surface area contributed by atoms with Crippen molar-refractivity contribution < 1.29 is 18.0 Å². The van der Waals surface area contributed by atoms with Gasteiger partial charge in [-0.1, -0.05) is 30.7 Å². The van der Waals surface area contributed by atoms with Crippen LogP contribution < -0.4 is 10.2 Å². The molecule has 1 amide bonds. The average molecular weight is 440 g/mol. The first-order valence-electron chi connectivity index (χ1n) is 9.89. The molecule has 1 N–H and O–H groups in total. The predicted molar refractivity (Wildman–Crippen MR) is 111 cm³/mol. The minimum atomic E-state index is -4.46. The zero-order valence-electron chi connectivity index (χ0n) is 17.0. The van der Waals surface area contributed by atoms with Crippen LogP contribution in [0.25, 0.3) is 0 Å². The monoisotopic (exact) mass is 439 g/mol. The molecule has 1 fully saturated rings. The van der Waals surface area contributed by atoms with Crippen molar-refractivity contribution in [3.05, 3.63) is 58.9 Å². The van der Waals surface area contributed by atoms with Crippen LogP contribution in [0.5, 0.6) is 0 Å². The van der Waals surface area contributed by atoms with E-state index in [9.17, 15) is 18.0 Å². The summed E-state index contributed by atoms with van der Waals surface area (Å²) in [6, 6.07) is 9.91. The first-order chi connectivity index (χ1) is 14.1. The lowest BCUT2D eigenvalue weighted by Gasteiger charge is -2.40. The lowest BCUT2D eigenvalue weighted by Crippen LogP contribution is -2.41. The molecule has 30 heavy (non-hydrogen) atoms. The standard InChI is InChI=1S/C22H25ClF3N3O/c1-15(16-3-5-17(23)6-4-16)28-20(30)14-21(2)8-11-29(12-9-21)18-7-10-27-19(13-18)22(24,25)26/h3-7,10,13,15H,8-9,11-12,14H2,1-2H3,(H,28,30)/t15-/m0/s1. The van der Waals surface area contributed by atoms with Gasteiger partial charge in [0, 0.05) is 36.4 Å². The van der Waals surface area contributed by atoms with Crippen molar-refractivity contribution in [1.29, 1.82) is 0 Å². The number of amides is 1. The van der Waals surface area contributed by atoms with Crippen LogP contribution in [-0.2, 0) is 11.0 Å². The van der Waals surface area contributed by atoms with Crippen LogP contribution in [0, 0.1) is 5.41 Å². The van der Waals surface area contributed by atoms with E-state index in [-0.39, 0.29) is 17.4 Å². The van der Waals surface area contributed by atoms with E-state index in [0.717, 1.165) is 24.5 Å². The summed E-state index contributed by atoms with van der Waals surface area (Å²) >= 11 is 5.91. The Morgan fingerprint density at radius 3 is 2.47 bits per heavy atom. The molecule has 0 spiro atoms. The quantitative estimate of drug-likeness (QED) is 0.656. The van der Waals surface area contributed by atoms with Gasteiger partial charge >= 0.3 is 6.18 Å². The summed E-state index contributed by atoms with van der Waals surface area (Å²) in [7, 11) is 0. The van der Waals surface area contributed by atoms with E-state index in [1.54, 1.807) is 18.2 Å². The van der Waals surface area contributed by atoms with Crippen molar-refractivity contribution >= 4 is 23.2 Å². The highest BCUT2D eigenvalue weighted by molar-refractivity contribution is 6.30. The Morgan fingerprint density at radius 1 is 1.23 bits per heavy atom. The molecule has 1 aromatic heterocycles. The lowest BCUT2D eigenvalue weighted by molar-refractivity contribution is -0.141. The van der Waals surface area contributed by atoms with Gasteiger partial charge in [0.15, 0.2) is 0 Å². The number of anilines is 1. The van der Waals surface area contributed by atoms with E-state index < -0.39 is 11.9 Å². The fraction of sp³-hybridized carbons (Fsp3) is 0.455. The van der Waals surface area contributed by atoms with E-state index in [2.05, 4.69) is 17.2 Å². The minimum absolute atomic E-state index is 0.0309. The highest BCUT2D eigenvalue weighted by Gasteiger charge is 2.35. The number of nitrogens with zero attached hydrogens (tertiary/aromatic N) is 2. The molecule has 162 valence electrons.